The third kappa shape index (κ3) is 5.07. The van der Waals surface area contributed by atoms with Crippen molar-refractivity contribution in [1.29, 1.82) is 0 Å². The minimum absolute atomic E-state index is 0.420. The largest absolute Gasteiger partial charge is 0.341 e. The molecule has 1 aliphatic rings. The quantitative estimate of drug-likeness (QED) is 0.483. The van der Waals surface area contributed by atoms with Crippen molar-refractivity contribution in [2.75, 3.05) is 28.7 Å². The van der Waals surface area contributed by atoms with Crippen molar-refractivity contribution in [2.24, 2.45) is 5.10 Å². The highest BCUT2D eigenvalue weighted by Crippen LogP contribution is 2.20. The molecule has 4 rings (SSSR count). The van der Waals surface area contributed by atoms with Gasteiger partial charge in [-0.1, -0.05) is 42.5 Å². The van der Waals surface area contributed by atoms with Crippen LogP contribution in [0.1, 0.15) is 30.4 Å². The van der Waals surface area contributed by atoms with E-state index in [0.29, 0.717) is 17.8 Å². The molecule has 7 heteroatoms. The lowest BCUT2D eigenvalue weighted by atomic mass is 10.1. The van der Waals surface area contributed by atoms with Crippen molar-refractivity contribution < 1.29 is 0 Å². The molecule has 2 N–H and O–H groups in total. The third-order valence-corrected chi connectivity index (χ3v) is 4.85. The summed E-state index contributed by atoms with van der Waals surface area (Å²) in [6.07, 6.45) is 5.34. The Labute approximate surface area is 170 Å². The summed E-state index contributed by atoms with van der Waals surface area (Å²) in [4.78, 5) is 15.9. The summed E-state index contributed by atoms with van der Waals surface area (Å²) in [5, 5.41) is 7.59. The SMILES string of the molecule is Cc1ccccc1C=NNc1nc(Nc2ccccc2)nc(N2CCCCC2)n1. The van der Waals surface area contributed by atoms with Crippen LogP contribution in [-0.4, -0.2) is 34.3 Å². The Morgan fingerprint density at radius 1 is 0.862 bits per heavy atom. The number of para-hydroxylation sites is 1. The first kappa shape index (κ1) is 18.9. The fourth-order valence-corrected chi connectivity index (χ4v) is 3.25. The maximum Gasteiger partial charge on any atom is 0.250 e. The maximum atomic E-state index is 4.63. The molecule has 1 fully saturated rings. The first-order valence-corrected chi connectivity index (χ1v) is 9.96. The Bertz CT molecular complexity index is 966. The second kappa shape index (κ2) is 9.14. The molecule has 0 spiro atoms. The van der Waals surface area contributed by atoms with E-state index in [0.717, 1.165) is 42.7 Å². The molecule has 0 amide bonds. The molecule has 0 bridgehead atoms. The number of rotatable bonds is 6. The van der Waals surface area contributed by atoms with E-state index >= 15 is 0 Å². The van der Waals surface area contributed by atoms with Crippen LogP contribution in [0.3, 0.4) is 0 Å². The molecule has 1 aromatic heterocycles. The van der Waals surface area contributed by atoms with Gasteiger partial charge in [-0.05, 0) is 49.4 Å². The molecular formula is C22H25N7. The van der Waals surface area contributed by atoms with Crippen molar-refractivity contribution in [3.63, 3.8) is 0 Å². The Morgan fingerprint density at radius 2 is 1.59 bits per heavy atom. The lowest BCUT2D eigenvalue weighted by Gasteiger charge is -2.26. The molecule has 0 atom stereocenters. The zero-order valence-corrected chi connectivity index (χ0v) is 16.5. The van der Waals surface area contributed by atoms with Crippen molar-refractivity contribution in [3.8, 4) is 0 Å². The fraction of sp³-hybridized carbons (Fsp3) is 0.273. The van der Waals surface area contributed by atoms with Gasteiger partial charge in [-0.2, -0.15) is 20.1 Å². The Balaban J connectivity index is 1.57. The van der Waals surface area contributed by atoms with Gasteiger partial charge in [0.2, 0.25) is 17.8 Å². The lowest BCUT2D eigenvalue weighted by molar-refractivity contribution is 0.568. The average Bonchev–Trinajstić information content (AvgIpc) is 2.76. The molecule has 1 saturated heterocycles. The second-order valence-electron chi connectivity index (χ2n) is 7.05. The summed E-state index contributed by atoms with van der Waals surface area (Å²) in [5.74, 6) is 1.59. The smallest absolute Gasteiger partial charge is 0.250 e. The van der Waals surface area contributed by atoms with Gasteiger partial charge in [-0.15, -0.1) is 0 Å². The predicted octanol–water partition coefficient (Wildman–Crippen LogP) is 4.36. The highest BCUT2D eigenvalue weighted by Gasteiger charge is 2.16. The molecule has 3 aromatic rings. The maximum absolute atomic E-state index is 4.63. The predicted molar refractivity (Wildman–Crippen MR) is 118 cm³/mol. The number of hydrogen-bond donors (Lipinski definition) is 2. The van der Waals surface area contributed by atoms with E-state index in [9.17, 15) is 0 Å². The number of benzene rings is 2. The summed E-state index contributed by atoms with van der Waals surface area (Å²) in [5.41, 5.74) is 6.11. The molecule has 29 heavy (non-hydrogen) atoms. The van der Waals surface area contributed by atoms with Gasteiger partial charge in [0.25, 0.3) is 0 Å². The van der Waals surface area contributed by atoms with Gasteiger partial charge in [-0.25, -0.2) is 5.43 Å². The first-order chi connectivity index (χ1) is 14.3. The molecule has 1 aliphatic heterocycles. The molecule has 7 nitrogen and oxygen atoms in total. The highest BCUT2D eigenvalue weighted by atomic mass is 15.4. The van der Waals surface area contributed by atoms with Crippen LogP contribution in [0.5, 0.6) is 0 Å². The van der Waals surface area contributed by atoms with E-state index in [-0.39, 0.29) is 0 Å². The standard InChI is InChI=1S/C22H25N7/c1-17-10-6-7-11-18(17)16-23-28-21-25-20(24-19-12-4-2-5-13-19)26-22(27-21)29-14-8-3-9-15-29/h2,4-7,10-13,16H,3,8-9,14-15H2,1H3,(H2,24,25,26,27,28). The zero-order chi connectivity index (χ0) is 19.9. The van der Waals surface area contributed by atoms with Gasteiger partial charge in [0.1, 0.15) is 0 Å². The topological polar surface area (TPSA) is 78.3 Å². The van der Waals surface area contributed by atoms with E-state index in [1.54, 1.807) is 6.21 Å². The number of aryl methyl sites for hydroxylation is 1. The van der Waals surface area contributed by atoms with E-state index < -0.39 is 0 Å². The van der Waals surface area contributed by atoms with Crippen LogP contribution in [0.4, 0.5) is 23.5 Å². The van der Waals surface area contributed by atoms with Crippen molar-refractivity contribution >= 4 is 29.7 Å². The summed E-state index contributed by atoms with van der Waals surface area (Å²) in [6.45, 7) is 3.97. The number of anilines is 4. The molecule has 2 aromatic carbocycles. The highest BCUT2D eigenvalue weighted by molar-refractivity contribution is 5.81. The monoisotopic (exact) mass is 387 g/mol. The lowest BCUT2D eigenvalue weighted by Crippen LogP contribution is -2.31. The molecule has 0 radical (unpaired) electrons. The normalized spacial score (nSPS) is 14.2. The fourth-order valence-electron chi connectivity index (χ4n) is 3.25. The van der Waals surface area contributed by atoms with Gasteiger partial charge >= 0.3 is 0 Å². The van der Waals surface area contributed by atoms with Gasteiger partial charge in [-0.3, -0.25) is 0 Å². The van der Waals surface area contributed by atoms with E-state index in [4.69, 9.17) is 0 Å². The van der Waals surface area contributed by atoms with E-state index in [2.05, 4.69) is 48.7 Å². The van der Waals surface area contributed by atoms with E-state index in [1.807, 2.05) is 48.5 Å². The number of aromatic nitrogens is 3. The minimum atomic E-state index is 0.420. The zero-order valence-electron chi connectivity index (χ0n) is 16.5. The van der Waals surface area contributed by atoms with Crippen molar-refractivity contribution in [1.82, 2.24) is 15.0 Å². The summed E-state index contributed by atoms with van der Waals surface area (Å²) >= 11 is 0. The summed E-state index contributed by atoms with van der Waals surface area (Å²) in [6, 6.07) is 18.0. The van der Waals surface area contributed by atoms with Crippen molar-refractivity contribution in [2.45, 2.75) is 26.2 Å². The van der Waals surface area contributed by atoms with Gasteiger partial charge < -0.3 is 10.2 Å². The number of nitrogens with one attached hydrogen (secondary N) is 2. The average molecular weight is 387 g/mol. The number of nitrogens with zero attached hydrogens (tertiary/aromatic N) is 5. The van der Waals surface area contributed by atoms with Crippen LogP contribution < -0.4 is 15.6 Å². The summed E-state index contributed by atoms with van der Waals surface area (Å²) in [7, 11) is 0. The molecular weight excluding hydrogens is 362 g/mol. The summed E-state index contributed by atoms with van der Waals surface area (Å²) < 4.78 is 0. The van der Waals surface area contributed by atoms with Crippen LogP contribution in [-0.2, 0) is 0 Å². The Kier molecular flexibility index (Phi) is 5.95. The molecule has 148 valence electrons. The number of hydrazone groups is 1. The Morgan fingerprint density at radius 3 is 2.38 bits per heavy atom. The molecule has 2 heterocycles. The van der Waals surface area contributed by atoms with Crippen molar-refractivity contribution in [3.05, 3.63) is 65.7 Å². The first-order valence-electron chi connectivity index (χ1n) is 9.96. The Hall–Kier alpha value is -3.48. The van der Waals surface area contributed by atoms with Crippen LogP contribution in [0.2, 0.25) is 0 Å². The molecule has 0 aliphatic carbocycles. The van der Waals surface area contributed by atoms with Gasteiger partial charge in [0.15, 0.2) is 0 Å². The molecule has 0 unspecified atom stereocenters. The number of hydrogen-bond acceptors (Lipinski definition) is 7. The van der Waals surface area contributed by atoms with Gasteiger partial charge in [0.05, 0.1) is 6.21 Å². The minimum Gasteiger partial charge on any atom is -0.341 e. The van der Waals surface area contributed by atoms with Crippen LogP contribution in [0.15, 0.2) is 59.7 Å². The second-order valence-corrected chi connectivity index (χ2v) is 7.05. The van der Waals surface area contributed by atoms with Crippen LogP contribution in [0.25, 0.3) is 0 Å². The van der Waals surface area contributed by atoms with Crippen LogP contribution in [0, 0.1) is 6.92 Å². The number of piperidine rings is 1. The van der Waals surface area contributed by atoms with Gasteiger partial charge in [0, 0.05) is 18.8 Å². The molecule has 0 saturated carbocycles. The third-order valence-electron chi connectivity index (χ3n) is 4.85. The van der Waals surface area contributed by atoms with Crippen LogP contribution >= 0.6 is 0 Å². The van der Waals surface area contributed by atoms with E-state index in [1.165, 1.54) is 6.42 Å².